The van der Waals surface area contributed by atoms with Crippen LogP contribution in [0, 0.1) is 22.0 Å². The second-order valence-electron chi connectivity index (χ2n) is 12.0. The van der Waals surface area contributed by atoms with E-state index in [2.05, 4.69) is 0 Å². The number of benzene rings is 1. The highest BCUT2D eigenvalue weighted by atomic mass is 32.2. The summed E-state index contributed by atoms with van der Waals surface area (Å²) in [4.78, 5) is 49.0. The van der Waals surface area contributed by atoms with Gasteiger partial charge in [-0.1, -0.05) is 6.92 Å². The zero-order chi connectivity index (χ0) is 31.9. The molecule has 8 atom stereocenters. The molecule has 4 rings (SSSR count). The van der Waals surface area contributed by atoms with E-state index in [9.17, 15) is 34.3 Å². The summed E-state index contributed by atoms with van der Waals surface area (Å²) in [6.07, 6.45) is -1.52. The molecule has 16 heteroatoms. The molecule has 0 spiro atoms. The fourth-order valence-corrected chi connectivity index (χ4v) is 7.74. The average molecular weight is 645 g/mol. The van der Waals surface area contributed by atoms with Crippen LogP contribution in [0.5, 0.6) is 0 Å². The van der Waals surface area contributed by atoms with Gasteiger partial charge in [0.1, 0.15) is 12.3 Å². The number of nitro groups is 1. The van der Waals surface area contributed by atoms with Gasteiger partial charge in [-0.2, -0.15) is 0 Å². The summed E-state index contributed by atoms with van der Waals surface area (Å²) in [5.74, 6) is -1.99. The molecule has 3 heterocycles. The highest BCUT2D eigenvalue weighted by Gasteiger charge is 2.60. The smallest absolute Gasteiger partial charge is 0.456 e. The molecule has 238 valence electrons. The first-order valence-electron chi connectivity index (χ1n) is 13.9. The number of carbonyl (C=O) groups is 2. The van der Waals surface area contributed by atoms with E-state index in [4.69, 9.17) is 18.5 Å². The van der Waals surface area contributed by atoms with Crippen molar-refractivity contribution in [3.63, 3.8) is 0 Å². The Kier molecular flexibility index (Phi) is 10.1. The van der Waals surface area contributed by atoms with Crippen LogP contribution < -0.4 is 0 Å². The number of aliphatic hydroxyl groups excluding tert-OH is 1. The zero-order valence-corrected chi connectivity index (χ0v) is 26.7. The Morgan fingerprint density at radius 3 is 2.51 bits per heavy atom. The van der Waals surface area contributed by atoms with Gasteiger partial charge in [0, 0.05) is 35.1 Å². The number of nitrogens with zero attached hydrogens (tertiary/aromatic N) is 3. The second kappa shape index (κ2) is 12.9. The Balaban J connectivity index is 1.43. The van der Waals surface area contributed by atoms with Crippen LogP contribution in [-0.2, 0) is 39.3 Å². The molecule has 0 aromatic heterocycles. The molecule has 0 bridgehead atoms. The standard InChI is InChI=1S/C27H38N3O11PS/c1-15-23-22(16(2)31)26(32)28(23)24(27(33)39-12-18-7-9-19(10-8-18)29(34)35)25(15)43-21-11-20(38-14-21)13-40-42(36,37)41-17(3)30(4,5)6/h7-10,15-17,20-23,31H,11-14H2,1-6H3/p+1. The molecule has 8 unspecified atom stereocenters. The van der Waals surface area contributed by atoms with Crippen LogP contribution in [0.25, 0.3) is 0 Å². The summed E-state index contributed by atoms with van der Waals surface area (Å²) in [5.41, 5.74) is 0.574. The van der Waals surface area contributed by atoms with Crippen molar-refractivity contribution in [2.75, 3.05) is 34.4 Å². The van der Waals surface area contributed by atoms with Gasteiger partial charge in [0.05, 0.1) is 63.4 Å². The largest absolute Gasteiger partial charge is 0.476 e. The average Bonchev–Trinajstić information content (AvgIpc) is 3.46. The number of ether oxygens (including phenoxy) is 2. The third-order valence-electron chi connectivity index (χ3n) is 7.96. The number of phosphoric acid groups is 1. The number of carbonyl (C=O) groups excluding carboxylic acids is 2. The van der Waals surface area contributed by atoms with E-state index >= 15 is 0 Å². The molecule has 2 N–H and O–H groups in total. The Morgan fingerprint density at radius 2 is 1.93 bits per heavy atom. The number of non-ortho nitro benzene ring substituents is 1. The van der Waals surface area contributed by atoms with Crippen LogP contribution in [0.3, 0.4) is 0 Å². The number of amides is 1. The van der Waals surface area contributed by atoms with Crippen LogP contribution >= 0.6 is 19.6 Å². The van der Waals surface area contributed by atoms with Crippen molar-refractivity contribution in [1.82, 2.24) is 4.90 Å². The summed E-state index contributed by atoms with van der Waals surface area (Å²) >= 11 is 1.38. The monoisotopic (exact) mass is 644 g/mol. The molecule has 1 aromatic rings. The fraction of sp³-hybridized carbons (Fsp3) is 0.630. The van der Waals surface area contributed by atoms with E-state index < -0.39 is 49.1 Å². The Labute approximate surface area is 254 Å². The maximum atomic E-state index is 13.4. The highest BCUT2D eigenvalue weighted by molar-refractivity contribution is 8.03. The maximum absolute atomic E-state index is 13.4. The number of fused-ring (bicyclic) bond motifs is 1. The van der Waals surface area contributed by atoms with Gasteiger partial charge in [-0.15, -0.1) is 11.8 Å². The number of quaternary nitrogens is 1. The van der Waals surface area contributed by atoms with Crippen molar-refractivity contribution in [2.24, 2.45) is 11.8 Å². The molecule has 1 amide bonds. The number of phosphoric ester groups is 1. The van der Waals surface area contributed by atoms with Gasteiger partial charge in [-0.3, -0.25) is 19.4 Å². The van der Waals surface area contributed by atoms with E-state index in [1.54, 1.807) is 13.8 Å². The van der Waals surface area contributed by atoms with Crippen molar-refractivity contribution < 1.29 is 52.1 Å². The molecular formula is C27H39N3O11PS+. The lowest BCUT2D eigenvalue weighted by Gasteiger charge is -2.46. The lowest BCUT2D eigenvalue weighted by Crippen LogP contribution is -2.63. The van der Waals surface area contributed by atoms with Crippen molar-refractivity contribution in [2.45, 2.75) is 63.5 Å². The van der Waals surface area contributed by atoms with Gasteiger partial charge in [0.2, 0.25) is 12.1 Å². The number of rotatable bonds is 13. The molecule has 2 saturated heterocycles. The van der Waals surface area contributed by atoms with Crippen molar-refractivity contribution in [3.05, 3.63) is 50.5 Å². The number of hydrogen-bond acceptors (Lipinski definition) is 11. The summed E-state index contributed by atoms with van der Waals surface area (Å²) in [6.45, 7) is 5.08. The van der Waals surface area contributed by atoms with Crippen LogP contribution in [0.2, 0.25) is 0 Å². The predicted molar refractivity (Wildman–Crippen MR) is 155 cm³/mol. The number of thioether (sulfide) groups is 1. The molecule has 0 aliphatic carbocycles. The molecule has 2 fully saturated rings. The molecule has 3 aliphatic heterocycles. The minimum atomic E-state index is -4.33. The number of β-lactam (4-membered cyclic amide) rings is 1. The van der Waals surface area contributed by atoms with E-state index in [1.165, 1.54) is 40.9 Å². The first-order valence-corrected chi connectivity index (χ1v) is 16.3. The molecule has 43 heavy (non-hydrogen) atoms. The van der Waals surface area contributed by atoms with Gasteiger partial charge in [0.25, 0.3) is 5.69 Å². The van der Waals surface area contributed by atoms with E-state index in [0.717, 1.165) is 0 Å². The fourth-order valence-electron chi connectivity index (χ4n) is 5.19. The van der Waals surface area contributed by atoms with Crippen LogP contribution in [0.4, 0.5) is 5.69 Å². The number of esters is 1. The molecule has 0 radical (unpaired) electrons. The lowest BCUT2D eigenvalue weighted by molar-refractivity contribution is -0.913. The van der Waals surface area contributed by atoms with Gasteiger partial charge < -0.3 is 28.9 Å². The molecule has 3 aliphatic rings. The third-order valence-corrected chi connectivity index (χ3v) is 10.5. The molecular weight excluding hydrogens is 605 g/mol. The SMILES string of the molecule is CC(O)C1C(=O)N2C(C(=O)OCc3ccc([N+](=O)[O-])cc3)=C(SC3COC(COP(=O)(O)OC(C)[N+](C)(C)C)C3)C(C)C12. The quantitative estimate of drug-likeness (QED) is 0.0612. The first-order chi connectivity index (χ1) is 20.0. The highest BCUT2D eigenvalue weighted by Crippen LogP contribution is 2.52. The minimum absolute atomic E-state index is 0.0881. The third kappa shape index (κ3) is 7.48. The topological polar surface area (TPSA) is 175 Å². The van der Waals surface area contributed by atoms with Crippen LogP contribution in [0.1, 0.15) is 32.8 Å². The molecule has 14 nitrogen and oxygen atoms in total. The zero-order valence-electron chi connectivity index (χ0n) is 24.9. The predicted octanol–water partition coefficient (Wildman–Crippen LogP) is 2.78. The van der Waals surface area contributed by atoms with Crippen LogP contribution in [-0.4, -0.2) is 100 Å². The van der Waals surface area contributed by atoms with E-state index in [1.807, 2.05) is 28.1 Å². The number of nitro benzene ring substituents is 1. The van der Waals surface area contributed by atoms with E-state index in [-0.39, 0.29) is 48.3 Å². The van der Waals surface area contributed by atoms with Gasteiger partial charge in [-0.05, 0) is 31.0 Å². The Bertz CT molecular complexity index is 1320. The molecule has 0 saturated carbocycles. The summed E-state index contributed by atoms with van der Waals surface area (Å²) < 4.78 is 34.6. The maximum Gasteiger partial charge on any atom is 0.476 e. The van der Waals surface area contributed by atoms with Crippen molar-refractivity contribution >= 4 is 37.1 Å². The Hall–Kier alpha value is -2.36. The summed E-state index contributed by atoms with van der Waals surface area (Å²) in [6, 6.07) is 5.21. The van der Waals surface area contributed by atoms with Crippen LogP contribution in [0.15, 0.2) is 34.9 Å². The number of hydrogen-bond donors (Lipinski definition) is 2. The van der Waals surface area contributed by atoms with Crippen molar-refractivity contribution in [3.8, 4) is 0 Å². The van der Waals surface area contributed by atoms with Gasteiger partial charge in [-0.25, -0.2) is 13.9 Å². The summed E-state index contributed by atoms with van der Waals surface area (Å²) in [5, 5.41) is 21.0. The van der Waals surface area contributed by atoms with E-state index in [0.29, 0.717) is 21.4 Å². The normalized spacial score (nSPS) is 28.2. The van der Waals surface area contributed by atoms with Gasteiger partial charge in [0.15, 0.2) is 0 Å². The lowest BCUT2D eigenvalue weighted by atomic mass is 9.79. The molecule has 1 aromatic carbocycles. The first kappa shape index (κ1) is 33.5. The van der Waals surface area contributed by atoms with Gasteiger partial charge >= 0.3 is 13.8 Å². The minimum Gasteiger partial charge on any atom is -0.456 e. The Morgan fingerprint density at radius 1 is 1.28 bits per heavy atom. The summed E-state index contributed by atoms with van der Waals surface area (Å²) in [7, 11) is 1.15. The number of aliphatic hydroxyl groups is 1. The second-order valence-corrected chi connectivity index (χ2v) is 14.7. The van der Waals surface area contributed by atoms with Crippen molar-refractivity contribution in [1.29, 1.82) is 0 Å².